The Labute approximate surface area is 106 Å². The van der Waals surface area contributed by atoms with Gasteiger partial charge in [0.25, 0.3) is 0 Å². The molecule has 0 aliphatic heterocycles. The molecule has 0 aliphatic carbocycles. The first-order valence-electron chi connectivity index (χ1n) is 6.35. The molecule has 1 aromatic heterocycles. The molecule has 1 heterocycles. The summed E-state index contributed by atoms with van der Waals surface area (Å²) in [6.45, 7) is 11.2. The Balaban J connectivity index is 2.69. The van der Waals surface area contributed by atoms with Gasteiger partial charge in [-0.05, 0) is 57.7 Å². The van der Waals surface area contributed by atoms with Gasteiger partial charge in [-0.3, -0.25) is 4.98 Å². The lowest BCUT2D eigenvalue weighted by Gasteiger charge is -2.35. The first-order chi connectivity index (χ1) is 7.74. The van der Waals surface area contributed by atoms with Gasteiger partial charge in [-0.25, -0.2) is 0 Å². The minimum atomic E-state index is 0.182. The molecule has 0 unspecified atom stereocenters. The number of pyridine rings is 1. The number of rotatable bonds is 5. The predicted molar refractivity (Wildman–Crippen MR) is 74.2 cm³/mol. The summed E-state index contributed by atoms with van der Waals surface area (Å²) in [5.41, 5.74) is 2.88. The molecule has 96 valence electrons. The van der Waals surface area contributed by atoms with E-state index < -0.39 is 0 Å². The molecule has 0 radical (unpaired) electrons. The summed E-state index contributed by atoms with van der Waals surface area (Å²) in [4.78, 5) is 4.36. The molecule has 0 fully saturated rings. The lowest BCUT2D eigenvalue weighted by atomic mass is 9.76. The maximum atomic E-state index is 4.36. The van der Waals surface area contributed by atoms with Crippen LogP contribution in [0.5, 0.6) is 0 Å². The van der Waals surface area contributed by atoms with Crippen LogP contribution in [0.4, 0.5) is 0 Å². The molecule has 0 atom stereocenters. The summed E-state index contributed by atoms with van der Waals surface area (Å²) >= 11 is 0. The normalized spacial score (nSPS) is 12.8. The van der Waals surface area contributed by atoms with Crippen LogP contribution < -0.4 is 5.32 Å². The first kappa shape index (κ1) is 14.2. The fourth-order valence-electron chi connectivity index (χ4n) is 2.50. The van der Waals surface area contributed by atoms with Crippen LogP contribution >= 0.6 is 0 Å². The van der Waals surface area contributed by atoms with E-state index in [2.05, 4.69) is 50.1 Å². The summed E-state index contributed by atoms with van der Waals surface area (Å²) < 4.78 is 0. The number of hydrogen-bond donors (Lipinski definition) is 1. The van der Waals surface area contributed by atoms with Crippen molar-refractivity contribution in [2.75, 3.05) is 7.05 Å². The van der Waals surface area contributed by atoms with Crippen LogP contribution in [0, 0.1) is 12.3 Å². The number of nitrogens with zero attached hydrogens (tertiary/aromatic N) is 1. The number of nitrogens with one attached hydrogen (secondary N) is 1. The quantitative estimate of drug-likeness (QED) is 0.845. The van der Waals surface area contributed by atoms with Gasteiger partial charge in [-0.15, -0.1) is 0 Å². The second-order valence-corrected chi connectivity index (χ2v) is 6.46. The van der Waals surface area contributed by atoms with Crippen molar-refractivity contribution in [3.63, 3.8) is 0 Å². The lowest BCUT2D eigenvalue weighted by Crippen LogP contribution is -2.41. The van der Waals surface area contributed by atoms with Crippen molar-refractivity contribution in [2.45, 2.75) is 53.0 Å². The molecule has 0 saturated carbocycles. The van der Waals surface area contributed by atoms with Crippen molar-refractivity contribution in [2.24, 2.45) is 5.41 Å². The molecule has 0 aliphatic rings. The maximum absolute atomic E-state index is 4.36. The molecule has 1 aromatic rings. The van der Waals surface area contributed by atoms with E-state index in [4.69, 9.17) is 0 Å². The fourth-order valence-corrected chi connectivity index (χ4v) is 2.50. The monoisotopic (exact) mass is 234 g/mol. The molecule has 0 amide bonds. The molecule has 0 aromatic carbocycles. The third-order valence-corrected chi connectivity index (χ3v) is 3.25. The third-order valence-electron chi connectivity index (χ3n) is 3.25. The van der Waals surface area contributed by atoms with Crippen molar-refractivity contribution in [3.05, 3.63) is 29.6 Å². The predicted octanol–water partition coefficient (Wildman–Crippen LogP) is 3.35. The van der Waals surface area contributed by atoms with Gasteiger partial charge < -0.3 is 5.32 Å². The van der Waals surface area contributed by atoms with Gasteiger partial charge in [0.1, 0.15) is 0 Å². The highest BCUT2D eigenvalue weighted by atomic mass is 14.9. The highest BCUT2D eigenvalue weighted by Gasteiger charge is 2.27. The van der Waals surface area contributed by atoms with Gasteiger partial charge in [0, 0.05) is 17.4 Å². The van der Waals surface area contributed by atoms with Gasteiger partial charge in [0.2, 0.25) is 0 Å². The van der Waals surface area contributed by atoms with Crippen LogP contribution in [-0.4, -0.2) is 17.6 Å². The Bertz CT molecular complexity index is 350. The van der Waals surface area contributed by atoms with E-state index >= 15 is 0 Å². The Morgan fingerprint density at radius 2 is 1.82 bits per heavy atom. The number of hydrogen-bond acceptors (Lipinski definition) is 2. The highest BCUT2D eigenvalue weighted by molar-refractivity contribution is 5.14. The summed E-state index contributed by atoms with van der Waals surface area (Å²) in [5.74, 6) is 0. The van der Waals surface area contributed by atoms with Gasteiger partial charge >= 0.3 is 0 Å². The average Bonchev–Trinajstić information content (AvgIpc) is 2.20. The fraction of sp³-hybridized carbons (Fsp3) is 0.667. The van der Waals surface area contributed by atoms with Crippen LogP contribution in [0.25, 0.3) is 0 Å². The summed E-state index contributed by atoms with van der Waals surface area (Å²) in [5, 5.41) is 3.38. The SMILES string of the molecule is CNC(C)(C)CC(C)(C)Cc1ccc(C)nc1. The van der Waals surface area contributed by atoms with Crippen molar-refractivity contribution in [3.8, 4) is 0 Å². The summed E-state index contributed by atoms with van der Waals surface area (Å²) in [7, 11) is 2.03. The molecular formula is C15H26N2. The average molecular weight is 234 g/mol. The Morgan fingerprint density at radius 1 is 1.18 bits per heavy atom. The Hall–Kier alpha value is -0.890. The number of aryl methyl sites for hydroxylation is 1. The molecule has 0 bridgehead atoms. The van der Waals surface area contributed by atoms with Crippen molar-refractivity contribution < 1.29 is 0 Å². The van der Waals surface area contributed by atoms with Crippen LogP contribution in [0.2, 0.25) is 0 Å². The minimum Gasteiger partial charge on any atom is -0.315 e. The number of aromatic nitrogens is 1. The molecule has 0 saturated heterocycles. The van der Waals surface area contributed by atoms with E-state index in [1.54, 1.807) is 0 Å². The first-order valence-corrected chi connectivity index (χ1v) is 6.35. The van der Waals surface area contributed by atoms with Gasteiger partial charge in [0.05, 0.1) is 0 Å². The van der Waals surface area contributed by atoms with Gasteiger partial charge in [-0.2, -0.15) is 0 Å². The minimum absolute atomic E-state index is 0.182. The second-order valence-electron chi connectivity index (χ2n) is 6.46. The molecule has 2 heteroatoms. The van der Waals surface area contributed by atoms with E-state index in [0.29, 0.717) is 0 Å². The van der Waals surface area contributed by atoms with Crippen LogP contribution in [0.1, 0.15) is 45.4 Å². The Kier molecular flexibility index (Phi) is 4.31. The highest BCUT2D eigenvalue weighted by Crippen LogP contribution is 2.31. The molecule has 2 nitrogen and oxygen atoms in total. The smallest absolute Gasteiger partial charge is 0.0372 e. The van der Waals surface area contributed by atoms with E-state index in [1.807, 2.05) is 20.2 Å². The van der Waals surface area contributed by atoms with Gasteiger partial charge in [0.15, 0.2) is 0 Å². The van der Waals surface area contributed by atoms with Crippen molar-refractivity contribution >= 4 is 0 Å². The Morgan fingerprint density at radius 3 is 2.29 bits per heavy atom. The molecule has 1 N–H and O–H groups in total. The van der Waals surface area contributed by atoms with E-state index in [-0.39, 0.29) is 11.0 Å². The topological polar surface area (TPSA) is 24.9 Å². The van der Waals surface area contributed by atoms with E-state index in [9.17, 15) is 0 Å². The zero-order valence-electron chi connectivity index (χ0n) is 12.1. The lowest BCUT2D eigenvalue weighted by molar-refractivity contribution is 0.230. The van der Waals surface area contributed by atoms with Crippen LogP contribution in [-0.2, 0) is 6.42 Å². The van der Waals surface area contributed by atoms with E-state index in [0.717, 1.165) is 18.5 Å². The molecule has 0 spiro atoms. The van der Waals surface area contributed by atoms with Gasteiger partial charge in [-0.1, -0.05) is 19.9 Å². The van der Waals surface area contributed by atoms with Crippen molar-refractivity contribution in [1.82, 2.24) is 10.3 Å². The zero-order chi connectivity index (χ0) is 13.1. The van der Waals surface area contributed by atoms with Crippen LogP contribution in [0.3, 0.4) is 0 Å². The maximum Gasteiger partial charge on any atom is 0.0372 e. The van der Waals surface area contributed by atoms with Crippen molar-refractivity contribution in [1.29, 1.82) is 0 Å². The standard InChI is InChI=1S/C15H26N2/c1-12-7-8-13(10-17-12)9-14(2,3)11-15(4,5)16-6/h7-8,10,16H,9,11H2,1-6H3. The van der Waals surface area contributed by atoms with E-state index in [1.165, 1.54) is 5.56 Å². The summed E-state index contributed by atoms with van der Waals surface area (Å²) in [6, 6.07) is 4.28. The second kappa shape index (κ2) is 5.18. The molecule has 1 rings (SSSR count). The summed E-state index contributed by atoms with van der Waals surface area (Å²) in [6.07, 6.45) is 4.22. The largest absolute Gasteiger partial charge is 0.315 e. The van der Waals surface area contributed by atoms with Crippen LogP contribution in [0.15, 0.2) is 18.3 Å². The molecular weight excluding hydrogens is 208 g/mol. The third kappa shape index (κ3) is 4.86. The molecule has 17 heavy (non-hydrogen) atoms. The zero-order valence-corrected chi connectivity index (χ0v) is 12.1.